The normalized spacial score (nSPS) is 11.2. The van der Waals surface area contributed by atoms with Crippen LogP contribution in [0.5, 0.6) is 11.5 Å². The molecule has 0 aliphatic carbocycles. The molecule has 0 aliphatic heterocycles. The lowest BCUT2D eigenvalue weighted by molar-refractivity contribution is 0.245. The fourth-order valence-corrected chi connectivity index (χ4v) is 5.44. The van der Waals surface area contributed by atoms with Gasteiger partial charge in [0.25, 0.3) is 0 Å². The maximum absolute atomic E-state index is 6.85. The van der Waals surface area contributed by atoms with Crippen molar-refractivity contribution in [2.45, 2.75) is 65.6 Å². The molecule has 4 rings (SSSR count). The smallest absolute Gasteiger partial charge is 0.179 e. The first kappa shape index (κ1) is 29.7. The zero-order valence-electron chi connectivity index (χ0n) is 24.3. The second kappa shape index (κ2) is 14.9. The Labute approximate surface area is 244 Å². The number of rotatable bonds is 15. The molecule has 1 heterocycles. The van der Waals surface area contributed by atoms with Crippen LogP contribution in [0.15, 0.2) is 72.8 Å². The number of nitrogens with zero attached hydrogens (tertiary/aromatic N) is 3. The number of ether oxygens (including phenoxy) is 2. The van der Waals surface area contributed by atoms with Crippen LogP contribution in [0.2, 0.25) is 5.02 Å². The highest BCUT2D eigenvalue weighted by molar-refractivity contribution is 6.33. The van der Waals surface area contributed by atoms with Crippen LogP contribution in [0, 0.1) is 0 Å². The molecule has 6 heteroatoms. The fourth-order valence-electron chi connectivity index (χ4n) is 5.14. The van der Waals surface area contributed by atoms with Crippen molar-refractivity contribution in [1.29, 1.82) is 0 Å². The Morgan fingerprint density at radius 2 is 1.45 bits per heavy atom. The minimum atomic E-state index is 0.582. The van der Waals surface area contributed by atoms with Crippen LogP contribution in [0.1, 0.15) is 57.2 Å². The zero-order chi connectivity index (χ0) is 28.3. The van der Waals surface area contributed by atoms with Gasteiger partial charge in [0, 0.05) is 30.8 Å². The summed E-state index contributed by atoms with van der Waals surface area (Å²) in [7, 11) is 3.27. The van der Waals surface area contributed by atoms with E-state index in [4.69, 9.17) is 26.1 Å². The predicted molar refractivity (Wildman–Crippen MR) is 166 cm³/mol. The molecule has 4 aromatic rings. The lowest BCUT2D eigenvalue weighted by Crippen LogP contribution is -2.26. The Hall–Kier alpha value is -3.28. The predicted octanol–water partition coefficient (Wildman–Crippen LogP) is 8.88. The number of aromatic nitrogens is 2. The molecule has 40 heavy (non-hydrogen) atoms. The van der Waals surface area contributed by atoms with E-state index in [1.807, 2.05) is 6.07 Å². The van der Waals surface area contributed by atoms with Gasteiger partial charge in [-0.3, -0.25) is 4.90 Å². The van der Waals surface area contributed by atoms with Gasteiger partial charge in [-0.05, 0) is 31.0 Å². The van der Waals surface area contributed by atoms with Crippen LogP contribution >= 0.6 is 11.6 Å². The summed E-state index contributed by atoms with van der Waals surface area (Å²) in [4.78, 5) is 7.80. The van der Waals surface area contributed by atoms with Crippen molar-refractivity contribution in [3.8, 4) is 34.1 Å². The zero-order valence-corrected chi connectivity index (χ0v) is 25.1. The molecular formula is C34H42ClN3O2. The molecule has 0 fully saturated rings. The van der Waals surface area contributed by atoms with Gasteiger partial charge < -0.3 is 14.0 Å². The second-order valence-electron chi connectivity index (χ2n) is 10.2. The van der Waals surface area contributed by atoms with Crippen molar-refractivity contribution in [1.82, 2.24) is 14.5 Å². The minimum absolute atomic E-state index is 0.582. The number of unbranched alkanes of at least 4 members (excludes halogenated alkanes) is 3. The summed E-state index contributed by atoms with van der Waals surface area (Å²) in [6.45, 7) is 7.85. The second-order valence-corrected chi connectivity index (χ2v) is 10.5. The van der Waals surface area contributed by atoms with Crippen molar-refractivity contribution in [2.24, 2.45) is 0 Å². The first-order valence-corrected chi connectivity index (χ1v) is 14.8. The summed E-state index contributed by atoms with van der Waals surface area (Å²) < 4.78 is 13.5. The Bertz CT molecular complexity index is 1340. The first-order valence-electron chi connectivity index (χ1n) is 14.4. The molecule has 0 bridgehead atoms. The van der Waals surface area contributed by atoms with E-state index < -0.39 is 0 Å². The van der Waals surface area contributed by atoms with Crippen LogP contribution in [-0.4, -0.2) is 35.2 Å². The van der Waals surface area contributed by atoms with E-state index >= 15 is 0 Å². The van der Waals surface area contributed by atoms with E-state index in [0.717, 1.165) is 67.1 Å². The minimum Gasteiger partial charge on any atom is -0.493 e. The quantitative estimate of drug-likeness (QED) is 0.136. The first-order chi connectivity index (χ1) is 19.6. The molecule has 5 nitrogen and oxygen atoms in total. The van der Waals surface area contributed by atoms with E-state index in [-0.39, 0.29) is 0 Å². The molecule has 0 spiro atoms. The molecule has 0 radical (unpaired) electrons. The van der Waals surface area contributed by atoms with Crippen molar-refractivity contribution < 1.29 is 9.47 Å². The summed E-state index contributed by atoms with van der Waals surface area (Å²) in [5, 5.41) is 0.605. The number of methoxy groups -OCH3 is 2. The molecule has 3 aromatic carbocycles. The topological polar surface area (TPSA) is 39.5 Å². The van der Waals surface area contributed by atoms with E-state index in [9.17, 15) is 0 Å². The summed E-state index contributed by atoms with van der Waals surface area (Å²) in [6.07, 6.45) is 5.70. The summed E-state index contributed by atoms with van der Waals surface area (Å²) in [6, 6.07) is 25.1. The number of hydrogen-bond acceptors (Lipinski definition) is 4. The standard InChI is InChI=1S/C34H42ClN3O2/c1-5-7-15-23-38-29(32(26-16-11-9-12-17-26)36-34(38)27-18-13-10-14-19-27)25-37(22-8-6-2)24-28-20-21-30(39-3)33(40-4)31(28)35/h9-14,16-21H,5-8,15,22-25H2,1-4H3. The van der Waals surface area contributed by atoms with Crippen LogP contribution in [0.4, 0.5) is 0 Å². The van der Waals surface area contributed by atoms with Crippen LogP contribution in [0.25, 0.3) is 22.6 Å². The summed E-state index contributed by atoms with van der Waals surface area (Å²) in [5.74, 6) is 2.26. The Balaban J connectivity index is 1.80. The lowest BCUT2D eigenvalue weighted by Gasteiger charge is -2.25. The monoisotopic (exact) mass is 559 g/mol. The van der Waals surface area contributed by atoms with Crippen molar-refractivity contribution in [3.63, 3.8) is 0 Å². The van der Waals surface area contributed by atoms with Gasteiger partial charge >= 0.3 is 0 Å². The number of imidazole rings is 1. The van der Waals surface area contributed by atoms with E-state index in [1.165, 1.54) is 18.5 Å². The summed E-state index contributed by atoms with van der Waals surface area (Å²) >= 11 is 6.85. The van der Waals surface area contributed by atoms with Gasteiger partial charge in [0.1, 0.15) is 5.82 Å². The molecule has 212 valence electrons. The fraction of sp³-hybridized carbons (Fsp3) is 0.382. The van der Waals surface area contributed by atoms with Gasteiger partial charge in [-0.2, -0.15) is 0 Å². The van der Waals surface area contributed by atoms with Gasteiger partial charge in [-0.15, -0.1) is 0 Å². The highest BCUT2D eigenvalue weighted by Gasteiger charge is 2.23. The Morgan fingerprint density at radius 1 is 0.775 bits per heavy atom. The Morgan fingerprint density at radius 3 is 2.08 bits per heavy atom. The van der Waals surface area contributed by atoms with E-state index in [1.54, 1.807) is 14.2 Å². The van der Waals surface area contributed by atoms with E-state index in [2.05, 4.69) is 90.0 Å². The van der Waals surface area contributed by atoms with Gasteiger partial charge in [-0.25, -0.2) is 4.98 Å². The summed E-state index contributed by atoms with van der Waals surface area (Å²) in [5.41, 5.74) is 5.61. The lowest BCUT2D eigenvalue weighted by atomic mass is 10.1. The molecule has 0 saturated heterocycles. The third-order valence-corrected chi connectivity index (χ3v) is 7.71. The molecule has 0 N–H and O–H groups in total. The third kappa shape index (κ3) is 7.07. The maximum atomic E-state index is 6.85. The SMILES string of the molecule is CCCCCn1c(-c2ccccc2)nc(-c2ccccc2)c1CN(CCCC)Cc1ccc(OC)c(OC)c1Cl. The molecule has 0 amide bonds. The molecular weight excluding hydrogens is 518 g/mol. The number of hydrogen-bond donors (Lipinski definition) is 0. The van der Waals surface area contributed by atoms with Crippen molar-refractivity contribution in [2.75, 3.05) is 20.8 Å². The highest BCUT2D eigenvalue weighted by atomic mass is 35.5. The highest BCUT2D eigenvalue weighted by Crippen LogP contribution is 2.38. The van der Waals surface area contributed by atoms with Crippen molar-refractivity contribution >= 4 is 11.6 Å². The average molecular weight is 560 g/mol. The maximum Gasteiger partial charge on any atom is 0.179 e. The van der Waals surface area contributed by atoms with Gasteiger partial charge in [0.05, 0.1) is 30.6 Å². The molecule has 0 saturated carbocycles. The van der Waals surface area contributed by atoms with Gasteiger partial charge in [-0.1, -0.05) is 111 Å². The largest absolute Gasteiger partial charge is 0.493 e. The van der Waals surface area contributed by atoms with Gasteiger partial charge in [0.15, 0.2) is 11.5 Å². The molecule has 1 aromatic heterocycles. The van der Waals surface area contributed by atoms with Crippen LogP contribution in [0.3, 0.4) is 0 Å². The number of benzene rings is 3. The van der Waals surface area contributed by atoms with Crippen LogP contribution in [-0.2, 0) is 19.6 Å². The van der Waals surface area contributed by atoms with Gasteiger partial charge in [0.2, 0.25) is 0 Å². The third-order valence-electron chi connectivity index (χ3n) is 7.30. The average Bonchev–Trinajstić information content (AvgIpc) is 3.35. The van der Waals surface area contributed by atoms with E-state index in [0.29, 0.717) is 23.1 Å². The molecule has 0 aliphatic rings. The van der Waals surface area contributed by atoms with Crippen LogP contribution < -0.4 is 9.47 Å². The Kier molecular flexibility index (Phi) is 11.1. The molecule has 0 atom stereocenters. The van der Waals surface area contributed by atoms with Crippen molar-refractivity contribution in [3.05, 3.63) is 89.1 Å². The number of halogens is 1. The molecule has 0 unspecified atom stereocenters.